The first-order valence-corrected chi connectivity index (χ1v) is 8.58. The molecule has 0 saturated carbocycles. The predicted molar refractivity (Wildman–Crippen MR) is 90.7 cm³/mol. The highest BCUT2D eigenvalue weighted by Gasteiger charge is 2.21. The van der Waals surface area contributed by atoms with Gasteiger partial charge in [0.25, 0.3) is 0 Å². The van der Waals surface area contributed by atoms with Crippen LogP contribution in [-0.2, 0) is 4.74 Å². The maximum Gasteiger partial charge on any atom is 0.107 e. The summed E-state index contributed by atoms with van der Waals surface area (Å²) in [6.45, 7) is 3.96. The Balaban J connectivity index is 2.17. The number of nitrogens with one attached hydrogen (secondary N) is 1. The number of ether oxygens (including phenoxy) is 1. The minimum Gasteiger partial charge on any atom is -0.389 e. The average molecular weight is 310 g/mol. The van der Waals surface area contributed by atoms with Gasteiger partial charge in [-0.3, -0.25) is 0 Å². The molecule has 1 fully saturated rings. The van der Waals surface area contributed by atoms with Gasteiger partial charge in [-0.05, 0) is 44.1 Å². The smallest absolute Gasteiger partial charge is 0.107 e. The maximum absolute atomic E-state index is 5.90. The number of rotatable bonds is 5. The van der Waals surface area contributed by atoms with Crippen molar-refractivity contribution in [2.45, 2.75) is 30.7 Å². The second-order valence-corrected chi connectivity index (χ2v) is 6.42. The molecule has 3 nitrogen and oxygen atoms in total. The summed E-state index contributed by atoms with van der Waals surface area (Å²) < 4.78 is 5.43. The summed E-state index contributed by atoms with van der Waals surface area (Å²) in [5.74, 6) is 0.640. The molecule has 2 rings (SSSR count). The summed E-state index contributed by atoms with van der Waals surface area (Å²) in [6, 6.07) is 6.56. The number of benzene rings is 1. The number of hydrogen-bond donors (Lipinski definition) is 2. The average Bonchev–Trinajstić information content (AvgIpc) is 2.47. The van der Waals surface area contributed by atoms with E-state index in [2.05, 4.69) is 24.4 Å². The largest absolute Gasteiger partial charge is 0.389 e. The van der Waals surface area contributed by atoms with Crippen molar-refractivity contribution in [2.75, 3.05) is 24.8 Å². The number of anilines is 1. The number of thiocarbonyl (C=S) groups is 1. The van der Waals surface area contributed by atoms with Crippen molar-refractivity contribution >= 4 is 34.7 Å². The summed E-state index contributed by atoms with van der Waals surface area (Å²) in [6.07, 6.45) is 4.26. The molecule has 0 aromatic heterocycles. The second-order valence-electron chi connectivity index (χ2n) is 5.13. The monoisotopic (exact) mass is 310 g/mol. The summed E-state index contributed by atoms with van der Waals surface area (Å²) in [5, 5.41) is 3.60. The Kier molecular flexibility index (Phi) is 5.69. The lowest BCUT2D eigenvalue weighted by Crippen LogP contribution is -2.31. The lowest BCUT2D eigenvalue weighted by Gasteiger charge is -2.30. The van der Waals surface area contributed by atoms with Crippen molar-refractivity contribution in [1.82, 2.24) is 0 Å². The van der Waals surface area contributed by atoms with Crippen LogP contribution < -0.4 is 11.1 Å². The summed E-state index contributed by atoms with van der Waals surface area (Å²) in [4.78, 5) is 1.58. The molecular weight excluding hydrogens is 288 g/mol. The molecule has 0 aliphatic carbocycles. The van der Waals surface area contributed by atoms with E-state index in [0.717, 1.165) is 42.2 Å². The quantitative estimate of drug-likeness (QED) is 0.645. The van der Waals surface area contributed by atoms with E-state index in [4.69, 9.17) is 22.7 Å². The zero-order valence-electron chi connectivity index (χ0n) is 12.0. The molecule has 0 spiro atoms. The van der Waals surface area contributed by atoms with Gasteiger partial charge in [0.2, 0.25) is 0 Å². The number of nitrogens with two attached hydrogens (primary N) is 1. The minimum absolute atomic E-state index is 0.393. The van der Waals surface area contributed by atoms with E-state index < -0.39 is 0 Å². The first kappa shape index (κ1) is 15.6. The third-order valence-electron chi connectivity index (χ3n) is 3.85. The molecule has 1 heterocycles. The van der Waals surface area contributed by atoms with Gasteiger partial charge in [-0.15, -0.1) is 11.8 Å². The Hall–Kier alpha value is -0.780. The molecular formula is C15H22N2OS2. The molecule has 3 N–H and O–H groups in total. The van der Waals surface area contributed by atoms with Crippen LogP contribution in [0.2, 0.25) is 0 Å². The van der Waals surface area contributed by atoms with Crippen LogP contribution in [0.25, 0.3) is 0 Å². The molecule has 5 heteroatoms. The fourth-order valence-corrected chi connectivity index (χ4v) is 3.58. The van der Waals surface area contributed by atoms with Crippen LogP contribution in [0.4, 0.5) is 5.69 Å². The van der Waals surface area contributed by atoms with E-state index in [1.807, 2.05) is 12.3 Å². The van der Waals surface area contributed by atoms with E-state index in [0.29, 0.717) is 16.9 Å². The molecule has 0 bridgehead atoms. The molecule has 0 radical (unpaired) electrons. The zero-order chi connectivity index (χ0) is 14.5. The molecule has 0 amide bonds. The topological polar surface area (TPSA) is 47.3 Å². The van der Waals surface area contributed by atoms with Crippen LogP contribution in [0.15, 0.2) is 23.1 Å². The SMILES string of the molecule is CSc1cccc(NC(C)C2CCOCC2)c1C(N)=S. The van der Waals surface area contributed by atoms with E-state index in [9.17, 15) is 0 Å². The minimum atomic E-state index is 0.393. The van der Waals surface area contributed by atoms with Crippen molar-refractivity contribution in [3.8, 4) is 0 Å². The molecule has 1 unspecified atom stereocenters. The van der Waals surface area contributed by atoms with Gasteiger partial charge in [-0.1, -0.05) is 18.3 Å². The zero-order valence-corrected chi connectivity index (χ0v) is 13.7. The van der Waals surface area contributed by atoms with Crippen molar-refractivity contribution in [1.29, 1.82) is 0 Å². The van der Waals surface area contributed by atoms with Gasteiger partial charge in [0.05, 0.1) is 0 Å². The van der Waals surface area contributed by atoms with Crippen molar-refractivity contribution in [2.24, 2.45) is 11.7 Å². The molecule has 20 heavy (non-hydrogen) atoms. The molecule has 1 aliphatic rings. The Morgan fingerprint density at radius 1 is 1.45 bits per heavy atom. The first-order valence-electron chi connectivity index (χ1n) is 6.94. The van der Waals surface area contributed by atoms with E-state index in [-0.39, 0.29) is 0 Å². The molecule has 1 aliphatic heterocycles. The third-order valence-corrected chi connectivity index (χ3v) is 4.83. The fourth-order valence-electron chi connectivity index (χ4n) is 2.65. The Morgan fingerprint density at radius 2 is 2.15 bits per heavy atom. The van der Waals surface area contributed by atoms with Gasteiger partial charge in [-0.25, -0.2) is 0 Å². The number of hydrogen-bond acceptors (Lipinski definition) is 4. The van der Waals surface area contributed by atoms with Gasteiger partial charge in [0, 0.05) is 35.4 Å². The predicted octanol–water partition coefficient (Wildman–Crippen LogP) is 3.27. The highest BCUT2D eigenvalue weighted by molar-refractivity contribution is 7.98. The van der Waals surface area contributed by atoms with Gasteiger partial charge >= 0.3 is 0 Å². The van der Waals surface area contributed by atoms with Crippen LogP contribution in [-0.4, -0.2) is 30.5 Å². The van der Waals surface area contributed by atoms with Crippen LogP contribution in [0.1, 0.15) is 25.3 Å². The Labute approximate surface area is 130 Å². The van der Waals surface area contributed by atoms with Crippen LogP contribution in [0.3, 0.4) is 0 Å². The van der Waals surface area contributed by atoms with Crippen molar-refractivity contribution in [3.63, 3.8) is 0 Å². The van der Waals surface area contributed by atoms with E-state index in [1.165, 1.54) is 0 Å². The lowest BCUT2D eigenvalue weighted by atomic mass is 9.92. The third kappa shape index (κ3) is 3.65. The molecule has 1 aromatic carbocycles. The van der Waals surface area contributed by atoms with Gasteiger partial charge < -0.3 is 15.8 Å². The Morgan fingerprint density at radius 3 is 2.75 bits per heavy atom. The molecule has 110 valence electrons. The van der Waals surface area contributed by atoms with Crippen LogP contribution in [0.5, 0.6) is 0 Å². The van der Waals surface area contributed by atoms with Crippen LogP contribution in [0, 0.1) is 5.92 Å². The maximum atomic E-state index is 5.90. The summed E-state index contributed by atoms with van der Waals surface area (Å²) >= 11 is 6.89. The molecule has 1 saturated heterocycles. The standard InChI is InChI=1S/C15H22N2OS2/c1-10(11-6-8-18-9-7-11)17-12-4-3-5-13(20-2)14(12)15(16)19/h3-5,10-11,17H,6-9H2,1-2H3,(H2,16,19). The highest BCUT2D eigenvalue weighted by atomic mass is 32.2. The van der Waals surface area contributed by atoms with Gasteiger partial charge in [0.15, 0.2) is 0 Å². The second kappa shape index (κ2) is 7.29. The van der Waals surface area contributed by atoms with Crippen LogP contribution >= 0.6 is 24.0 Å². The summed E-state index contributed by atoms with van der Waals surface area (Å²) in [7, 11) is 0. The number of thioether (sulfide) groups is 1. The fraction of sp³-hybridized carbons (Fsp3) is 0.533. The van der Waals surface area contributed by atoms with E-state index >= 15 is 0 Å². The van der Waals surface area contributed by atoms with E-state index in [1.54, 1.807) is 11.8 Å². The molecule has 1 atom stereocenters. The summed E-state index contributed by atoms with van der Waals surface area (Å²) in [5.41, 5.74) is 7.91. The molecule has 1 aromatic rings. The normalized spacial score (nSPS) is 17.7. The lowest BCUT2D eigenvalue weighted by molar-refractivity contribution is 0.0622. The first-order chi connectivity index (χ1) is 9.63. The highest BCUT2D eigenvalue weighted by Crippen LogP contribution is 2.29. The van der Waals surface area contributed by atoms with Crippen molar-refractivity contribution < 1.29 is 4.74 Å². The Bertz CT molecular complexity index is 473. The van der Waals surface area contributed by atoms with Crippen molar-refractivity contribution in [3.05, 3.63) is 23.8 Å². The van der Waals surface area contributed by atoms with Gasteiger partial charge in [-0.2, -0.15) is 0 Å². The van der Waals surface area contributed by atoms with Gasteiger partial charge in [0.1, 0.15) is 4.99 Å².